The molecule has 2 unspecified atom stereocenters. The fourth-order valence-electron chi connectivity index (χ4n) is 5.84. The number of urea groups is 1. The number of benzene rings is 1. The normalized spacial score (nSPS) is 23.2. The molecule has 2 N–H and O–H groups in total. The first-order chi connectivity index (χ1) is 16.5. The standard InChI is InChI=1S/C25H30ClN5O4/c1-24(2)10-17(28-15-32)11-25(3,13-24)14-27-23(35)30-9-8-20-19(12-30)21(22(33)34)29-31(20)18-6-4-16(26)5-7-18/h4-7,17H,8-14H2,1-3H3,(H,27,35)(H,33,34). The number of nitrogens with zero attached hydrogens (tertiary/aromatic N) is 4. The summed E-state index contributed by atoms with van der Waals surface area (Å²) in [5.41, 5.74) is 1.77. The van der Waals surface area contributed by atoms with Gasteiger partial charge in [0.05, 0.1) is 24.0 Å². The van der Waals surface area contributed by atoms with Crippen LogP contribution in [0.3, 0.4) is 0 Å². The molecule has 1 aromatic carbocycles. The van der Waals surface area contributed by atoms with E-state index in [0.29, 0.717) is 36.5 Å². The molecular weight excluding hydrogens is 470 g/mol. The Morgan fingerprint density at radius 1 is 1.26 bits per heavy atom. The van der Waals surface area contributed by atoms with Gasteiger partial charge in [-0.25, -0.2) is 24.1 Å². The highest BCUT2D eigenvalue weighted by atomic mass is 35.5. The molecule has 1 aliphatic carbocycles. The second-order valence-corrected chi connectivity index (χ2v) is 11.2. The lowest BCUT2D eigenvalue weighted by molar-refractivity contribution is 0.0687. The molecule has 2 atom stereocenters. The second-order valence-electron chi connectivity index (χ2n) is 10.7. The molecule has 0 saturated heterocycles. The minimum atomic E-state index is -1.13. The molecule has 1 fully saturated rings. The minimum Gasteiger partial charge on any atom is -0.476 e. The fraction of sp³-hybridized carbons (Fsp3) is 0.520. The summed E-state index contributed by atoms with van der Waals surface area (Å²) in [6, 6.07) is 6.68. The van der Waals surface area contributed by atoms with Crippen molar-refractivity contribution in [2.24, 2.45) is 15.8 Å². The average Bonchev–Trinajstić information content (AvgIpc) is 3.16. The molecule has 1 saturated carbocycles. The fourth-order valence-corrected chi connectivity index (χ4v) is 5.97. The maximum atomic E-state index is 13.1. The van der Waals surface area contributed by atoms with Crippen molar-refractivity contribution in [3.63, 3.8) is 0 Å². The zero-order valence-electron chi connectivity index (χ0n) is 20.2. The number of rotatable bonds is 5. The molecule has 0 spiro atoms. The van der Waals surface area contributed by atoms with Crippen molar-refractivity contribution < 1.29 is 19.5 Å². The number of amides is 2. The smallest absolute Gasteiger partial charge is 0.356 e. The van der Waals surface area contributed by atoms with Gasteiger partial charge < -0.3 is 15.3 Å². The van der Waals surface area contributed by atoms with Crippen LogP contribution in [0.15, 0.2) is 29.3 Å². The summed E-state index contributed by atoms with van der Waals surface area (Å²) in [5.74, 6) is -1.13. The SMILES string of the molecule is CC1(C)CC(N=C=O)CC(C)(CNC(=O)N2CCc3c(c(C(=O)O)nn3-c3ccc(Cl)cc3)C2)C1. The monoisotopic (exact) mass is 499 g/mol. The van der Waals surface area contributed by atoms with Gasteiger partial charge in [0.1, 0.15) is 0 Å². The lowest BCUT2D eigenvalue weighted by Crippen LogP contribution is -2.49. The van der Waals surface area contributed by atoms with Crippen LogP contribution in [-0.4, -0.2) is 57.0 Å². The largest absolute Gasteiger partial charge is 0.476 e. The molecule has 2 amide bonds. The van der Waals surface area contributed by atoms with Crippen LogP contribution in [0.5, 0.6) is 0 Å². The van der Waals surface area contributed by atoms with E-state index in [0.717, 1.165) is 24.2 Å². The van der Waals surface area contributed by atoms with Gasteiger partial charge >= 0.3 is 12.0 Å². The average molecular weight is 500 g/mol. The van der Waals surface area contributed by atoms with Crippen LogP contribution in [0.25, 0.3) is 5.69 Å². The lowest BCUT2D eigenvalue weighted by atomic mass is 9.63. The van der Waals surface area contributed by atoms with Crippen LogP contribution in [0.4, 0.5) is 4.79 Å². The first-order valence-corrected chi connectivity index (χ1v) is 12.1. The number of carbonyl (C=O) groups excluding carboxylic acids is 2. The summed E-state index contributed by atoms with van der Waals surface area (Å²) in [5, 5.41) is 17.7. The van der Waals surface area contributed by atoms with E-state index < -0.39 is 5.97 Å². The number of carbonyl (C=O) groups is 2. The third kappa shape index (κ3) is 5.41. The van der Waals surface area contributed by atoms with E-state index in [4.69, 9.17) is 11.6 Å². The molecule has 2 aromatic rings. The molecule has 2 heterocycles. The van der Waals surface area contributed by atoms with Gasteiger partial charge in [0, 0.05) is 30.1 Å². The highest BCUT2D eigenvalue weighted by Crippen LogP contribution is 2.46. The summed E-state index contributed by atoms with van der Waals surface area (Å²) in [7, 11) is 0. The zero-order valence-corrected chi connectivity index (χ0v) is 20.9. The number of carboxylic acid groups (broad SMARTS) is 1. The van der Waals surface area contributed by atoms with E-state index in [1.165, 1.54) is 0 Å². The predicted octanol–water partition coefficient (Wildman–Crippen LogP) is 4.21. The summed E-state index contributed by atoms with van der Waals surface area (Å²) < 4.78 is 1.63. The first kappa shape index (κ1) is 24.9. The number of aliphatic imine (C=N–C) groups is 1. The quantitative estimate of drug-likeness (QED) is 0.472. The van der Waals surface area contributed by atoms with Gasteiger partial charge in [-0.3, -0.25) is 0 Å². The van der Waals surface area contributed by atoms with Crippen molar-refractivity contribution in [3.8, 4) is 5.69 Å². The Balaban J connectivity index is 1.49. The summed E-state index contributed by atoms with van der Waals surface area (Å²) in [6.07, 6.45) is 4.58. The highest BCUT2D eigenvalue weighted by Gasteiger charge is 2.42. The van der Waals surface area contributed by atoms with E-state index in [1.807, 2.05) is 0 Å². The molecule has 186 valence electrons. The maximum Gasteiger partial charge on any atom is 0.356 e. The van der Waals surface area contributed by atoms with Gasteiger partial charge in [-0.1, -0.05) is 32.4 Å². The number of nitrogens with one attached hydrogen (secondary N) is 1. The lowest BCUT2D eigenvalue weighted by Gasteiger charge is -2.45. The highest BCUT2D eigenvalue weighted by molar-refractivity contribution is 6.30. The van der Waals surface area contributed by atoms with Gasteiger partial charge in [0.2, 0.25) is 6.08 Å². The van der Waals surface area contributed by atoms with Crippen LogP contribution in [0, 0.1) is 10.8 Å². The van der Waals surface area contributed by atoms with Gasteiger partial charge in [-0.2, -0.15) is 5.10 Å². The van der Waals surface area contributed by atoms with Crippen molar-refractivity contribution in [2.45, 2.75) is 59.0 Å². The molecule has 10 heteroatoms. The predicted molar refractivity (Wildman–Crippen MR) is 131 cm³/mol. The number of aromatic nitrogens is 2. The topological polar surface area (TPSA) is 117 Å². The summed E-state index contributed by atoms with van der Waals surface area (Å²) in [4.78, 5) is 41.4. The number of isocyanates is 1. The van der Waals surface area contributed by atoms with Crippen LogP contribution in [0.1, 0.15) is 61.8 Å². The Labute approximate surface area is 209 Å². The van der Waals surface area contributed by atoms with Gasteiger partial charge in [-0.05, 0) is 54.4 Å². The number of fused-ring (bicyclic) bond motifs is 1. The molecular formula is C25H30ClN5O4. The van der Waals surface area contributed by atoms with Crippen molar-refractivity contribution in [3.05, 3.63) is 46.2 Å². The summed E-state index contributed by atoms with van der Waals surface area (Å²) in [6.45, 7) is 7.46. The van der Waals surface area contributed by atoms with Crippen molar-refractivity contribution in [1.82, 2.24) is 20.0 Å². The van der Waals surface area contributed by atoms with Crippen LogP contribution >= 0.6 is 11.6 Å². The van der Waals surface area contributed by atoms with E-state index >= 15 is 0 Å². The number of hydrogen-bond donors (Lipinski definition) is 2. The summed E-state index contributed by atoms with van der Waals surface area (Å²) >= 11 is 5.99. The van der Waals surface area contributed by atoms with Crippen LogP contribution in [-0.2, 0) is 17.8 Å². The van der Waals surface area contributed by atoms with E-state index in [2.05, 4.69) is 36.2 Å². The van der Waals surface area contributed by atoms with E-state index in [-0.39, 0.29) is 35.1 Å². The van der Waals surface area contributed by atoms with Gasteiger partial charge in [0.15, 0.2) is 5.69 Å². The van der Waals surface area contributed by atoms with Gasteiger partial charge in [0.25, 0.3) is 0 Å². The van der Waals surface area contributed by atoms with Crippen LogP contribution < -0.4 is 5.32 Å². The van der Waals surface area contributed by atoms with Crippen molar-refractivity contribution in [1.29, 1.82) is 0 Å². The van der Waals surface area contributed by atoms with Crippen molar-refractivity contribution in [2.75, 3.05) is 13.1 Å². The number of halogens is 1. The Kier molecular flexibility index (Phi) is 6.75. The van der Waals surface area contributed by atoms with E-state index in [1.54, 1.807) is 39.9 Å². The molecule has 0 radical (unpaired) electrons. The van der Waals surface area contributed by atoms with Crippen LogP contribution in [0.2, 0.25) is 5.02 Å². The maximum absolute atomic E-state index is 13.1. The Hall–Kier alpha value is -3.16. The number of hydrogen-bond acceptors (Lipinski definition) is 5. The zero-order chi connectivity index (χ0) is 25.4. The second kappa shape index (κ2) is 9.47. The van der Waals surface area contributed by atoms with Crippen molar-refractivity contribution >= 4 is 29.7 Å². The Bertz CT molecular complexity index is 1190. The molecule has 1 aromatic heterocycles. The minimum absolute atomic E-state index is 0.00456. The molecule has 35 heavy (non-hydrogen) atoms. The molecule has 0 bridgehead atoms. The molecule has 1 aliphatic heterocycles. The van der Waals surface area contributed by atoms with E-state index in [9.17, 15) is 19.5 Å². The molecule has 4 rings (SSSR count). The molecule has 2 aliphatic rings. The Morgan fingerprint density at radius 2 is 1.97 bits per heavy atom. The molecule has 9 nitrogen and oxygen atoms in total. The third-order valence-corrected chi connectivity index (χ3v) is 7.19. The first-order valence-electron chi connectivity index (χ1n) is 11.7. The third-order valence-electron chi connectivity index (χ3n) is 6.94. The Morgan fingerprint density at radius 3 is 2.63 bits per heavy atom. The van der Waals surface area contributed by atoms with Gasteiger partial charge in [-0.15, -0.1) is 0 Å². The number of carboxylic acids is 1. The number of aromatic carboxylic acids is 1.